The molecule has 0 saturated carbocycles. The molecule has 19 nitrogen and oxygen atoms in total. The topological polar surface area (TPSA) is 307 Å². The predicted molar refractivity (Wildman–Crippen MR) is 346 cm³/mol. The van der Waals surface area contributed by atoms with Gasteiger partial charge >= 0.3 is 0 Å². The Bertz CT molecular complexity index is 1850. The van der Waals surface area contributed by atoms with Crippen LogP contribution in [-0.4, -0.2) is 193 Å². The molecule has 3 aliphatic heterocycles. The Hall–Kier alpha value is -2.51. The van der Waals surface area contributed by atoms with Crippen LogP contribution in [0, 0.1) is 0 Å². The average Bonchev–Trinajstić information content (AvgIpc) is 2.38. The smallest absolute Gasteiger partial charge is 0.220 e. The standard InChI is InChI=1S/C70H125NO18/c1-3-5-7-9-11-13-15-17-18-19-20-21-22-23-24-25-26-27-28-29-30-31-32-33-34-36-37-39-41-43-45-47-54(75)53(71-58(76)48-46-44-42-40-38-35-16-14-12-10-8-6-4-2)52-84-68-64(82)61(79)66(56(50-73)86-68)89-70-65(83)62(80)67(57(51-74)87-70)88-69-63(81)60(78)59(77)55(49-72)85-69/h6,8,12,14,35,37-39,45,47,53-57,59-70,72-75,77-83H,3-5,7,9-11,13,15-34,36,40-44,46,48-52H2,1-2H3,(H,71,76)/b8-6-,14-12-,38-35-,39-37+,47-45+. The summed E-state index contributed by atoms with van der Waals surface area (Å²) in [6.45, 7) is 1.58. The summed E-state index contributed by atoms with van der Waals surface area (Å²) in [4.78, 5) is 13.3. The maximum atomic E-state index is 13.3. The fourth-order valence-corrected chi connectivity index (χ4v) is 11.6. The number of ether oxygens (including phenoxy) is 6. The second-order valence-electron chi connectivity index (χ2n) is 25.0. The summed E-state index contributed by atoms with van der Waals surface area (Å²) < 4.78 is 34.3. The molecule has 17 atom stereocenters. The SMILES string of the molecule is CC/C=C\C/C=C\C/C=C\CCCCCC(=O)NC(COC1OC(CO)C(OC2OC(CO)C(OC3OC(CO)C(O)C(O)C3O)C(O)C2O)C(O)C1O)C(O)/C=C/CC/C=C/CCCCCCCCCCCCCCCCCCCCCCCCCCC. The van der Waals surface area contributed by atoms with E-state index in [1.54, 1.807) is 6.08 Å². The highest BCUT2D eigenvalue weighted by molar-refractivity contribution is 5.76. The monoisotopic (exact) mass is 1270 g/mol. The summed E-state index contributed by atoms with van der Waals surface area (Å²) in [5, 5.41) is 120. The van der Waals surface area contributed by atoms with E-state index in [0.29, 0.717) is 12.8 Å². The first-order valence-corrected chi connectivity index (χ1v) is 35.0. The first kappa shape index (κ1) is 80.7. The van der Waals surface area contributed by atoms with Crippen LogP contribution in [0.4, 0.5) is 0 Å². The number of allylic oxidation sites excluding steroid dienone is 9. The highest BCUT2D eigenvalue weighted by Crippen LogP contribution is 2.33. The summed E-state index contributed by atoms with van der Waals surface area (Å²) >= 11 is 0. The molecule has 0 aromatic rings. The van der Waals surface area contributed by atoms with E-state index in [4.69, 9.17) is 28.4 Å². The normalized spacial score (nSPS) is 28.6. The molecule has 3 fully saturated rings. The third-order valence-corrected chi connectivity index (χ3v) is 17.3. The number of rotatable bonds is 53. The minimum absolute atomic E-state index is 0.198. The van der Waals surface area contributed by atoms with E-state index in [0.717, 1.165) is 57.8 Å². The average molecular weight is 1270 g/mol. The minimum Gasteiger partial charge on any atom is -0.394 e. The Balaban J connectivity index is 1.40. The Morgan fingerprint density at radius 1 is 0.416 bits per heavy atom. The molecule has 0 bridgehead atoms. The summed E-state index contributed by atoms with van der Waals surface area (Å²) in [6, 6.07) is -1.01. The highest BCUT2D eigenvalue weighted by atomic mass is 16.8. The summed E-state index contributed by atoms with van der Waals surface area (Å²) in [7, 11) is 0. The molecule has 0 aliphatic carbocycles. The lowest BCUT2D eigenvalue weighted by Gasteiger charge is -2.48. The predicted octanol–water partition coefficient (Wildman–Crippen LogP) is 9.16. The van der Waals surface area contributed by atoms with Crippen LogP contribution >= 0.6 is 0 Å². The van der Waals surface area contributed by atoms with Crippen molar-refractivity contribution in [1.29, 1.82) is 0 Å². The van der Waals surface area contributed by atoms with Gasteiger partial charge in [-0.25, -0.2) is 0 Å². The maximum absolute atomic E-state index is 13.3. The summed E-state index contributed by atoms with van der Waals surface area (Å²) in [5.74, 6) is -0.315. The Morgan fingerprint density at radius 3 is 1.26 bits per heavy atom. The molecule has 12 N–H and O–H groups in total. The molecule has 0 aromatic carbocycles. The number of hydrogen-bond donors (Lipinski definition) is 12. The molecule has 0 aromatic heterocycles. The molecule has 19 heteroatoms. The van der Waals surface area contributed by atoms with Gasteiger partial charge in [0.25, 0.3) is 0 Å². The van der Waals surface area contributed by atoms with Gasteiger partial charge in [-0.05, 0) is 64.2 Å². The van der Waals surface area contributed by atoms with Crippen LogP contribution in [0.3, 0.4) is 0 Å². The summed E-state index contributed by atoms with van der Waals surface area (Å²) in [5.41, 5.74) is 0. The van der Waals surface area contributed by atoms with Gasteiger partial charge in [0.2, 0.25) is 5.91 Å². The largest absolute Gasteiger partial charge is 0.394 e. The zero-order valence-electron chi connectivity index (χ0n) is 54.6. The molecule has 3 aliphatic rings. The minimum atomic E-state index is -1.99. The van der Waals surface area contributed by atoms with Crippen LogP contribution in [0.1, 0.15) is 245 Å². The van der Waals surface area contributed by atoms with Gasteiger partial charge < -0.3 is 89.9 Å². The van der Waals surface area contributed by atoms with Gasteiger partial charge in [-0.2, -0.15) is 0 Å². The second kappa shape index (κ2) is 51.8. The number of amides is 1. The molecule has 3 saturated heterocycles. The zero-order chi connectivity index (χ0) is 64.7. The maximum Gasteiger partial charge on any atom is 0.220 e. The Kier molecular flexibility index (Phi) is 47.0. The number of carbonyl (C=O) groups excluding carboxylic acids is 1. The van der Waals surface area contributed by atoms with Crippen LogP contribution in [0.2, 0.25) is 0 Å². The fraction of sp³-hybridized carbons (Fsp3) is 0.843. The van der Waals surface area contributed by atoms with Crippen molar-refractivity contribution in [2.75, 3.05) is 26.4 Å². The lowest BCUT2D eigenvalue weighted by atomic mass is 9.96. The molecule has 0 spiro atoms. The van der Waals surface area contributed by atoms with E-state index in [9.17, 15) is 61.0 Å². The van der Waals surface area contributed by atoms with Crippen molar-refractivity contribution in [2.45, 2.75) is 349 Å². The van der Waals surface area contributed by atoms with Crippen LogP contribution < -0.4 is 5.32 Å². The van der Waals surface area contributed by atoms with E-state index in [1.807, 2.05) is 6.08 Å². The molecular weight excluding hydrogens is 1140 g/mol. The number of aliphatic hydroxyl groups excluding tert-OH is 11. The van der Waals surface area contributed by atoms with E-state index in [-0.39, 0.29) is 18.9 Å². The van der Waals surface area contributed by atoms with Gasteiger partial charge in [0.15, 0.2) is 18.9 Å². The number of hydrogen-bond acceptors (Lipinski definition) is 18. The van der Waals surface area contributed by atoms with Crippen LogP contribution in [0.25, 0.3) is 0 Å². The second-order valence-corrected chi connectivity index (χ2v) is 25.0. The Morgan fingerprint density at radius 2 is 0.787 bits per heavy atom. The lowest BCUT2D eigenvalue weighted by Crippen LogP contribution is -2.66. The molecule has 518 valence electrons. The van der Waals surface area contributed by atoms with Crippen molar-refractivity contribution in [3.05, 3.63) is 60.8 Å². The zero-order valence-corrected chi connectivity index (χ0v) is 54.6. The van der Waals surface area contributed by atoms with Gasteiger partial charge in [0, 0.05) is 6.42 Å². The van der Waals surface area contributed by atoms with Gasteiger partial charge in [0.05, 0.1) is 38.6 Å². The van der Waals surface area contributed by atoms with Gasteiger partial charge in [-0.3, -0.25) is 4.79 Å². The lowest BCUT2D eigenvalue weighted by molar-refractivity contribution is -0.379. The van der Waals surface area contributed by atoms with Crippen molar-refractivity contribution in [1.82, 2.24) is 5.32 Å². The van der Waals surface area contributed by atoms with E-state index < -0.39 is 124 Å². The Labute approximate surface area is 535 Å². The van der Waals surface area contributed by atoms with Crippen molar-refractivity contribution in [3.8, 4) is 0 Å². The first-order valence-electron chi connectivity index (χ1n) is 35.0. The van der Waals surface area contributed by atoms with Crippen molar-refractivity contribution < 1.29 is 89.4 Å². The third-order valence-electron chi connectivity index (χ3n) is 17.3. The molecule has 89 heavy (non-hydrogen) atoms. The molecule has 0 radical (unpaired) electrons. The van der Waals surface area contributed by atoms with Gasteiger partial charge in [-0.1, -0.05) is 235 Å². The first-order chi connectivity index (χ1) is 43.3. The van der Waals surface area contributed by atoms with Crippen LogP contribution in [-0.2, 0) is 33.2 Å². The van der Waals surface area contributed by atoms with Crippen LogP contribution in [0.15, 0.2) is 60.8 Å². The quantitative estimate of drug-likeness (QED) is 0.0199. The molecular formula is C70H125NO18. The van der Waals surface area contributed by atoms with E-state index in [2.05, 4.69) is 67.8 Å². The number of aliphatic hydroxyl groups is 11. The van der Waals surface area contributed by atoms with Crippen molar-refractivity contribution in [2.24, 2.45) is 0 Å². The van der Waals surface area contributed by atoms with Crippen molar-refractivity contribution >= 4 is 5.91 Å². The fourth-order valence-electron chi connectivity index (χ4n) is 11.6. The van der Waals surface area contributed by atoms with Gasteiger partial charge in [-0.15, -0.1) is 0 Å². The molecule has 3 heterocycles. The highest BCUT2D eigenvalue weighted by Gasteiger charge is 2.53. The van der Waals surface area contributed by atoms with Gasteiger partial charge in [0.1, 0.15) is 73.2 Å². The number of unbranched alkanes of at least 4 members (excludes halogenated alkanes) is 29. The third kappa shape index (κ3) is 33.9. The molecule has 17 unspecified atom stereocenters. The van der Waals surface area contributed by atoms with E-state index >= 15 is 0 Å². The number of nitrogens with one attached hydrogen (secondary N) is 1. The molecule has 3 rings (SSSR count). The van der Waals surface area contributed by atoms with Crippen molar-refractivity contribution in [3.63, 3.8) is 0 Å². The van der Waals surface area contributed by atoms with E-state index in [1.165, 1.54) is 154 Å². The van der Waals surface area contributed by atoms with Crippen LogP contribution in [0.5, 0.6) is 0 Å². The number of carbonyl (C=O) groups is 1. The molecule has 1 amide bonds. The summed E-state index contributed by atoms with van der Waals surface area (Å²) in [6.07, 6.45) is 36.7.